The summed E-state index contributed by atoms with van der Waals surface area (Å²) >= 11 is 0. The number of benzene rings is 3. The van der Waals surface area contributed by atoms with E-state index < -0.39 is 4.92 Å². The number of carbonyl (C=O) groups is 1. The Bertz CT molecular complexity index is 1330. The number of aromatic nitrogens is 2. The number of esters is 1. The van der Waals surface area contributed by atoms with E-state index in [-0.39, 0.29) is 23.5 Å². The van der Waals surface area contributed by atoms with Gasteiger partial charge in [-0.3, -0.25) is 19.5 Å². The van der Waals surface area contributed by atoms with Crippen molar-refractivity contribution in [1.82, 2.24) is 9.55 Å². The molecule has 0 spiro atoms. The first-order valence-corrected chi connectivity index (χ1v) is 12.1. The van der Waals surface area contributed by atoms with Crippen LogP contribution in [0.15, 0.2) is 72.8 Å². The summed E-state index contributed by atoms with van der Waals surface area (Å²) in [7, 11) is 0. The van der Waals surface area contributed by atoms with E-state index in [1.54, 1.807) is 6.07 Å². The number of nitrogens with zero attached hydrogens (tertiary/aromatic N) is 3. The highest BCUT2D eigenvalue weighted by atomic mass is 16.6. The number of hydrogen-bond donors (Lipinski definition) is 0. The summed E-state index contributed by atoms with van der Waals surface area (Å²) in [5, 5.41) is 11.8. The minimum absolute atomic E-state index is 0.122. The molecular formula is C28H29N3O5. The van der Waals surface area contributed by atoms with Crippen LogP contribution in [0, 0.1) is 10.1 Å². The lowest BCUT2D eigenvalue weighted by molar-refractivity contribution is -0.385. The maximum atomic E-state index is 11.8. The quantitative estimate of drug-likeness (QED) is 0.104. The predicted octanol–water partition coefficient (Wildman–Crippen LogP) is 6.49. The van der Waals surface area contributed by atoms with Crippen LogP contribution in [0.3, 0.4) is 0 Å². The maximum absolute atomic E-state index is 11.8. The van der Waals surface area contributed by atoms with E-state index in [1.807, 2.05) is 79.1 Å². The first-order valence-electron chi connectivity index (χ1n) is 12.1. The maximum Gasteiger partial charge on any atom is 0.313 e. The molecule has 3 aromatic carbocycles. The zero-order chi connectivity index (χ0) is 25.5. The number of rotatable bonds is 11. The number of para-hydroxylation sites is 1. The molecule has 0 unspecified atom stereocenters. The summed E-state index contributed by atoms with van der Waals surface area (Å²) in [6.45, 7) is 3.95. The molecule has 0 bridgehead atoms. The van der Waals surface area contributed by atoms with E-state index >= 15 is 0 Å². The Morgan fingerprint density at radius 2 is 1.69 bits per heavy atom. The number of fused-ring (bicyclic) bond motifs is 1. The Labute approximate surface area is 209 Å². The van der Waals surface area contributed by atoms with E-state index in [1.165, 1.54) is 6.07 Å². The number of nitro benzene ring substituents is 1. The number of unbranched alkanes of at least 4 members (excludes halogenated alkanes) is 2. The standard InChI is InChI=1S/C28H29N3O5/c1-20(2)36-27(32)16-10-5-11-17-35-26-19-24-23(18-25(26)31(33)34)29-28(21-12-6-3-7-13-21)30(24)22-14-8-4-9-15-22/h3-4,6-9,12-15,18-20H,5,10-11,16-17H2,1-2H3. The summed E-state index contributed by atoms with van der Waals surface area (Å²) in [4.78, 5) is 27.8. The third kappa shape index (κ3) is 5.89. The fourth-order valence-corrected chi connectivity index (χ4v) is 4.02. The molecule has 0 fully saturated rings. The molecule has 0 aliphatic rings. The van der Waals surface area contributed by atoms with E-state index in [0.29, 0.717) is 37.2 Å². The second-order valence-corrected chi connectivity index (χ2v) is 8.74. The summed E-state index contributed by atoms with van der Waals surface area (Å²) < 4.78 is 13.0. The number of imidazole rings is 1. The summed E-state index contributed by atoms with van der Waals surface area (Å²) in [6.07, 6.45) is 2.32. The zero-order valence-corrected chi connectivity index (χ0v) is 20.4. The second-order valence-electron chi connectivity index (χ2n) is 8.74. The van der Waals surface area contributed by atoms with Gasteiger partial charge in [0.1, 0.15) is 5.82 Å². The lowest BCUT2D eigenvalue weighted by Crippen LogP contribution is -2.11. The van der Waals surface area contributed by atoms with Crippen molar-refractivity contribution < 1.29 is 19.2 Å². The van der Waals surface area contributed by atoms with Crippen molar-refractivity contribution in [3.8, 4) is 22.8 Å². The van der Waals surface area contributed by atoms with Gasteiger partial charge in [-0.2, -0.15) is 0 Å². The Balaban J connectivity index is 1.60. The number of hydrogen-bond acceptors (Lipinski definition) is 6. The van der Waals surface area contributed by atoms with Gasteiger partial charge in [-0.1, -0.05) is 48.5 Å². The number of nitro groups is 1. The minimum Gasteiger partial charge on any atom is -0.487 e. The summed E-state index contributed by atoms with van der Waals surface area (Å²) in [6, 6.07) is 22.7. The molecule has 36 heavy (non-hydrogen) atoms. The average molecular weight is 488 g/mol. The van der Waals surface area contributed by atoms with Gasteiger partial charge in [0.2, 0.25) is 0 Å². The van der Waals surface area contributed by atoms with Crippen molar-refractivity contribution in [3.63, 3.8) is 0 Å². The molecule has 0 N–H and O–H groups in total. The van der Waals surface area contributed by atoms with Crippen LogP contribution < -0.4 is 4.74 Å². The molecule has 0 radical (unpaired) electrons. The molecule has 186 valence electrons. The van der Waals surface area contributed by atoms with Crippen LogP contribution in [-0.2, 0) is 9.53 Å². The van der Waals surface area contributed by atoms with Crippen LogP contribution in [0.2, 0.25) is 0 Å². The highest BCUT2D eigenvalue weighted by molar-refractivity contribution is 5.87. The first-order chi connectivity index (χ1) is 17.4. The van der Waals surface area contributed by atoms with Gasteiger partial charge in [0.15, 0.2) is 5.75 Å². The molecule has 0 saturated carbocycles. The fourth-order valence-electron chi connectivity index (χ4n) is 4.02. The molecule has 1 aromatic heterocycles. The molecule has 0 amide bonds. The third-order valence-electron chi connectivity index (χ3n) is 5.63. The van der Waals surface area contributed by atoms with Crippen LogP contribution in [0.25, 0.3) is 28.1 Å². The van der Waals surface area contributed by atoms with Crippen molar-refractivity contribution in [2.75, 3.05) is 6.61 Å². The zero-order valence-electron chi connectivity index (χ0n) is 20.4. The van der Waals surface area contributed by atoms with Crippen molar-refractivity contribution in [2.45, 2.75) is 45.6 Å². The summed E-state index contributed by atoms with van der Waals surface area (Å²) in [5.41, 5.74) is 2.91. The average Bonchev–Trinajstić information content (AvgIpc) is 3.24. The largest absolute Gasteiger partial charge is 0.487 e. The van der Waals surface area contributed by atoms with Gasteiger partial charge in [-0.25, -0.2) is 4.98 Å². The van der Waals surface area contributed by atoms with Crippen molar-refractivity contribution >= 4 is 22.7 Å². The molecular weight excluding hydrogens is 458 g/mol. The normalized spacial score (nSPS) is 11.1. The lowest BCUT2D eigenvalue weighted by atomic mass is 10.2. The van der Waals surface area contributed by atoms with Crippen molar-refractivity contribution in [3.05, 3.63) is 82.9 Å². The van der Waals surface area contributed by atoms with Gasteiger partial charge in [0, 0.05) is 29.8 Å². The molecule has 0 atom stereocenters. The third-order valence-corrected chi connectivity index (χ3v) is 5.63. The van der Waals surface area contributed by atoms with Crippen LogP contribution in [-0.4, -0.2) is 33.2 Å². The van der Waals surface area contributed by atoms with E-state index in [2.05, 4.69) is 0 Å². The Morgan fingerprint density at radius 3 is 2.36 bits per heavy atom. The molecule has 1 heterocycles. The highest BCUT2D eigenvalue weighted by Gasteiger charge is 2.22. The number of carbonyl (C=O) groups excluding carboxylic acids is 1. The van der Waals surface area contributed by atoms with Crippen molar-refractivity contribution in [2.24, 2.45) is 0 Å². The van der Waals surface area contributed by atoms with Gasteiger partial charge in [0.25, 0.3) is 0 Å². The van der Waals surface area contributed by atoms with Gasteiger partial charge >= 0.3 is 11.7 Å². The SMILES string of the molecule is CC(C)OC(=O)CCCCCOc1cc2c(cc1[N+](=O)[O-])nc(-c1ccccc1)n2-c1ccccc1. The Morgan fingerprint density at radius 1 is 1.00 bits per heavy atom. The van der Waals surface area contributed by atoms with Crippen LogP contribution in [0.4, 0.5) is 5.69 Å². The monoisotopic (exact) mass is 487 g/mol. The van der Waals surface area contributed by atoms with Crippen molar-refractivity contribution in [1.29, 1.82) is 0 Å². The van der Waals surface area contributed by atoms with Gasteiger partial charge in [-0.05, 0) is 45.2 Å². The second kappa shape index (κ2) is 11.5. The molecule has 4 rings (SSSR count). The smallest absolute Gasteiger partial charge is 0.313 e. The van der Waals surface area contributed by atoms with E-state index in [0.717, 1.165) is 23.2 Å². The molecule has 4 aromatic rings. The van der Waals surface area contributed by atoms with E-state index in [4.69, 9.17) is 14.5 Å². The minimum atomic E-state index is -0.444. The molecule has 8 heteroatoms. The lowest BCUT2D eigenvalue weighted by Gasteiger charge is -2.11. The molecule has 8 nitrogen and oxygen atoms in total. The van der Waals surface area contributed by atoms with Gasteiger partial charge in [0.05, 0.1) is 28.7 Å². The number of ether oxygens (including phenoxy) is 2. The Kier molecular flexibility index (Phi) is 7.95. The molecule has 0 aliphatic carbocycles. The fraction of sp³-hybridized carbons (Fsp3) is 0.286. The van der Waals surface area contributed by atoms with Crippen LogP contribution in [0.5, 0.6) is 5.75 Å². The first kappa shape index (κ1) is 24.9. The van der Waals surface area contributed by atoms with E-state index in [9.17, 15) is 14.9 Å². The van der Waals surface area contributed by atoms with Crippen LogP contribution >= 0.6 is 0 Å². The summed E-state index contributed by atoms with van der Waals surface area (Å²) in [5.74, 6) is 0.676. The predicted molar refractivity (Wildman–Crippen MR) is 138 cm³/mol. The highest BCUT2D eigenvalue weighted by Crippen LogP contribution is 2.36. The van der Waals surface area contributed by atoms with Gasteiger partial charge < -0.3 is 9.47 Å². The molecule has 0 aliphatic heterocycles. The Hall–Kier alpha value is -4.20. The topological polar surface area (TPSA) is 96.5 Å². The van der Waals surface area contributed by atoms with Gasteiger partial charge in [-0.15, -0.1) is 0 Å². The molecule has 0 saturated heterocycles. The van der Waals surface area contributed by atoms with Crippen LogP contribution in [0.1, 0.15) is 39.5 Å².